The highest BCUT2D eigenvalue weighted by molar-refractivity contribution is 5.75. The van der Waals surface area contributed by atoms with Crippen molar-refractivity contribution in [2.24, 2.45) is 22.7 Å². The maximum absolute atomic E-state index is 12.0. The minimum absolute atomic E-state index is 0.0954. The molecule has 0 radical (unpaired) electrons. The van der Waals surface area contributed by atoms with Crippen LogP contribution < -0.4 is 0 Å². The fourth-order valence-electron chi connectivity index (χ4n) is 5.92. The summed E-state index contributed by atoms with van der Waals surface area (Å²) in [7, 11) is 0. The molecule has 3 aliphatic rings. The van der Waals surface area contributed by atoms with Crippen LogP contribution in [0.15, 0.2) is 12.2 Å². The van der Waals surface area contributed by atoms with Crippen molar-refractivity contribution in [2.75, 3.05) is 6.61 Å². The summed E-state index contributed by atoms with van der Waals surface area (Å²) in [6.07, 6.45) is 3.53. The number of hydrogen-bond acceptors (Lipinski definition) is 4. The minimum atomic E-state index is -1.27. The summed E-state index contributed by atoms with van der Waals surface area (Å²) < 4.78 is 5.70. The van der Waals surface area contributed by atoms with Gasteiger partial charge in [0.1, 0.15) is 11.7 Å². The van der Waals surface area contributed by atoms with E-state index in [1.165, 1.54) is 0 Å². The van der Waals surface area contributed by atoms with Crippen LogP contribution in [0, 0.1) is 22.7 Å². The Labute approximate surface area is 150 Å². The predicted molar refractivity (Wildman–Crippen MR) is 94.0 cm³/mol. The SMILES string of the molecule is C=C1CCC2C(C)(C(=O)O)CCCC2(C)C1CC1OCC(O)C1(C)O. The van der Waals surface area contributed by atoms with Gasteiger partial charge in [-0.2, -0.15) is 0 Å². The van der Waals surface area contributed by atoms with Crippen LogP contribution in [0.3, 0.4) is 0 Å². The zero-order valence-electron chi connectivity index (χ0n) is 15.6. The number of hydrogen-bond donors (Lipinski definition) is 3. The van der Waals surface area contributed by atoms with Gasteiger partial charge in [-0.1, -0.05) is 25.5 Å². The van der Waals surface area contributed by atoms with E-state index in [0.717, 1.165) is 37.7 Å². The number of allylic oxidation sites excluding steroid dienone is 1. The molecule has 0 aromatic carbocycles. The third-order valence-corrected chi connectivity index (χ3v) is 7.74. The Balaban J connectivity index is 1.90. The van der Waals surface area contributed by atoms with Crippen molar-refractivity contribution < 1.29 is 24.9 Å². The van der Waals surface area contributed by atoms with Crippen LogP contribution in [0.2, 0.25) is 0 Å². The average Bonchev–Trinajstić information content (AvgIpc) is 2.76. The summed E-state index contributed by atoms with van der Waals surface area (Å²) in [4.78, 5) is 12.0. The molecule has 25 heavy (non-hydrogen) atoms. The Morgan fingerprint density at radius 2 is 2.00 bits per heavy atom. The molecule has 2 saturated carbocycles. The molecule has 2 aliphatic carbocycles. The largest absolute Gasteiger partial charge is 0.481 e. The van der Waals surface area contributed by atoms with Crippen molar-refractivity contribution in [1.29, 1.82) is 0 Å². The van der Waals surface area contributed by atoms with Gasteiger partial charge in [-0.3, -0.25) is 4.79 Å². The minimum Gasteiger partial charge on any atom is -0.481 e. The standard InChI is InChI=1S/C20H32O5/c1-12-6-7-14-18(2,8-5-9-19(14,3)17(22)23)13(12)10-16-20(4,24)15(21)11-25-16/h13-16,21,24H,1,5-11H2,2-4H3,(H,22,23). The number of ether oxygens (including phenoxy) is 1. The molecule has 0 bridgehead atoms. The molecule has 3 fully saturated rings. The number of aliphatic hydroxyl groups is 2. The number of fused-ring (bicyclic) bond motifs is 1. The summed E-state index contributed by atoms with van der Waals surface area (Å²) in [5.41, 5.74) is -0.999. The molecule has 1 heterocycles. The van der Waals surface area contributed by atoms with Crippen LogP contribution in [0.1, 0.15) is 59.3 Å². The molecule has 0 amide bonds. The topological polar surface area (TPSA) is 87.0 Å². The Hall–Kier alpha value is -0.910. The summed E-state index contributed by atoms with van der Waals surface area (Å²) >= 11 is 0. The lowest BCUT2D eigenvalue weighted by atomic mass is 9.46. The average molecular weight is 352 g/mol. The lowest BCUT2D eigenvalue weighted by Gasteiger charge is -2.57. The second-order valence-electron chi connectivity index (χ2n) is 9.18. The maximum Gasteiger partial charge on any atom is 0.309 e. The van der Waals surface area contributed by atoms with Crippen molar-refractivity contribution in [2.45, 2.75) is 77.1 Å². The van der Waals surface area contributed by atoms with E-state index in [2.05, 4.69) is 13.5 Å². The Morgan fingerprint density at radius 3 is 2.56 bits per heavy atom. The molecular formula is C20H32O5. The molecule has 1 aliphatic heterocycles. The van der Waals surface area contributed by atoms with Crippen molar-refractivity contribution in [3.8, 4) is 0 Å². The quantitative estimate of drug-likeness (QED) is 0.680. The van der Waals surface area contributed by atoms with Crippen LogP contribution in [-0.4, -0.2) is 45.7 Å². The lowest BCUT2D eigenvalue weighted by Crippen LogP contribution is -2.55. The number of rotatable bonds is 3. The van der Waals surface area contributed by atoms with E-state index in [-0.39, 0.29) is 23.9 Å². The fourth-order valence-corrected chi connectivity index (χ4v) is 5.92. The molecule has 5 heteroatoms. The zero-order chi connectivity index (χ0) is 18.6. The van der Waals surface area contributed by atoms with Crippen LogP contribution in [0.25, 0.3) is 0 Å². The van der Waals surface area contributed by atoms with Gasteiger partial charge in [-0.15, -0.1) is 0 Å². The normalized spacial score (nSPS) is 50.5. The number of carbonyl (C=O) groups is 1. The maximum atomic E-state index is 12.0. The van der Waals surface area contributed by atoms with E-state index >= 15 is 0 Å². The van der Waals surface area contributed by atoms with Crippen molar-refractivity contribution in [3.05, 3.63) is 12.2 Å². The van der Waals surface area contributed by atoms with Crippen molar-refractivity contribution >= 4 is 5.97 Å². The van der Waals surface area contributed by atoms with Gasteiger partial charge < -0.3 is 20.1 Å². The molecule has 0 aromatic heterocycles. The van der Waals surface area contributed by atoms with Gasteiger partial charge in [0.05, 0.1) is 18.1 Å². The number of aliphatic hydroxyl groups excluding tert-OH is 1. The van der Waals surface area contributed by atoms with Crippen LogP contribution in [0.5, 0.6) is 0 Å². The first-order valence-corrected chi connectivity index (χ1v) is 9.46. The van der Waals surface area contributed by atoms with E-state index in [9.17, 15) is 20.1 Å². The highest BCUT2D eigenvalue weighted by Gasteiger charge is 2.59. The predicted octanol–water partition coefficient (Wildman–Crippen LogP) is 2.75. The second-order valence-corrected chi connectivity index (χ2v) is 9.18. The van der Waals surface area contributed by atoms with Gasteiger partial charge in [0.25, 0.3) is 0 Å². The molecular weight excluding hydrogens is 320 g/mol. The van der Waals surface area contributed by atoms with E-state index < -0.39 is 29.2 Å². The highest BCUT2D eigenvalue weighted by Crippen LogP contribution is 2.62. The molecule has 1 saturated heterocycles. The van der Waals surface area contributed by atoms with Crippen LogP contribution >= 0.6 is 0 Å². The van der Waals surface area contributed by atoms with E-state index in [1.54, 1.807) is 6.92 Å². The smallest absolute Gasteiger partial charge is 0.309 e. The number of carboxylic acid groups (broad SMARTS) is 1. The fraction of sp³-hybridized carbons (Fsp3) is 0.850. The molecule has 142 valence electrons. The third-order valence-electron chi connectivity index (χ3n) is 7.74. The van der Waals surface area contributed by atoms with Gasteiger partial charge in [0.15, 0.2) is 0 Å². The van der Waals surface area contributed by atoms with Crippen LogP contribution in [-0.2, 0) is 9.53 Å². The Bertz CT molecular complexity index is 570. The van der Waals surface area contributed by atoms with Gasteiger partial charge in [-0.25, -0.2) is 0 Å². The monoisotopic (exact) mass is 352 g/mol. The van der Waals surface area contributed by atoms with Gasteiger partial charge in [0.2, 0.25) is 0 Å². The van der Waals surface area contributed by atoms with E-state index in [1.807, 2.05) is 6.92 Å². The summed E-state index contributed by atoms with van der Waals surface area (Å²) in [5, 5.41) is 30.5. The molecule has 3 rings (SSSR count). The zero-order valence-corrected chi connectivity index (χ0v) is 15.6. The van der Waals surface area contributed by atoms with Crippen molar-refractivity contribution in [3.63, 3.8) is 0 Å². The van der Waals surface area contributed by atoms with Gasteiger partial charge >= 0.3 is 5.97 Å². The van der Waals surface area contributed by atoms with E-state index in [4.69, 9.17) is 4.74 Å². The lowest BCUT2D eigenvalue weighted by molar-refractivity contribution is -0.165. The number of aliphatic carboxylic acids is 1. The Kier molecular flexibility index (Phi) is 4.58. The molecule has 0 spiro atoms. The highest BCUT2D eigenvalue weighted by atomic mass is 16.5. The molecule has 7 unspecified atom stereocenters. The first-order chi connectivity index (χ1) is 11.5. The number of carboxylic acids is 1. The molecule has 3 N–H and O–H groups in total. The molecule has 5 nitrogen and oxygen atoms in total. The summed E-state index contributed by atoms with van der Waals surface area (Å²) in [5.74, 6) is -0.501. The molecule has 7 atom stereocenters. The van der Waals surface area contributed by atoms with Crippen molar-refractivity contribution in [1.82, 2.24) is 0 Å². The Morgan fingerprint density at radius 1 is 1.32 bits per heavy atom. The van der Waals surface area contributed by atoms with Crippen LogP contribution in [0.4, 0.5) is 0 Å². The summed E-state index contributed by atoms with van der Waals surface area (Å²) in [6, 6.07) is 0. The summed E-state index contributed by atoms with van der Waals surface area (Å²) in [6.45, 7) is 10.2. The van der Waals surface area contributed by atoms with Gasteiger partial charge in [0, 0.05) is 0 Å². The third kappa shape index (κ3) is 2.75. The van der Waals surface area contributed by atoms with Gasteiger partial charge in [-0.05, 0) is 63.2 Å². The second kappa shape index (κ2) is 6.07. The van der Waals surface area contributed by atoms with E-state index in [0.29, 0.717) is 6.42 Å². The first kappa shape index (κ1) is 18.9. The molecule has 0 aromatic rings. The first-order valence-electron chi connectivity index (χ1n) is 9.46.